The SMILES string of the molecule is O=C(Nc1ccn(C23CC4CC(CC(C4)C2)C3)n1)c1cc2nc(-c3ccc(Cl)s3)cc(C(F)(F)F)n2n1. The molecule has 37 heavy (non-hydrogen) atoms. The van der Waals surface area contributed by atoms with Crippen LogP contribution in [-0.4, -0.2) is 30.3 Å². The summed E-state index contributed by atoms with van der Waals surface area (Å²) < 4.78 is 44.7. The summed E-state index contributed by atoms with van der Waals surface area (Å²) in [5, 5.41) is 11.3. The summed E-state index contributed by atoms with van der Waals surface area (Å²) in [5.41, 5.74) is -1.17. The third-order valence-electron chi connectivity index (χ3n) is 8.10. The maximum atomic E-state index is 13.9. The van der Waals surface area contributed by atoms with Crippen molar-refractivity contribution in [3.8, 4) is 10.6 Å². The number of aromatic nitrogens is 5. The largest absolute Gasteiger partial charge is 0.433 e. The first-order valence-electron chi connectivity index (χ1n) is 12.3. The summed E-state index contributed by atoms with van der Waals surface area (Å²) in [6.45, 7) is 0. The highest BCUT2D eigenvalue weighted by atomic mass is 35.5. The van der Waals surface area contributed by atoms with E-state index in [2.05, 4.69) is 20.5 Å². The fraction of sp³-hybridized carbons (Fsp3) is 0.440. The third-order valence-corrected chi connectivity index (χ3v) is 9.35. The molecule has 8 rings (SSSR count). The molecule has 4 fully saturated rings. The predicted octanol–water partition coefficient (Wildman–Crippen LogP) is 6.50. The zero-order valence-corrected chi connectivity index (χ0v) is 21.1. The number of carbonyl (C=O) groups excluding carboxylic acids is 1. The highest BCUT2D eigenvalue weighted by molar-refractivity contribution is 7.19. The molecule has 1 amide bonds. The molecule has 4 aliphatic carbocycles. The number of carbonyl (C=O) groups is 1. The summed E-state index contributed by atoms with van der Waals surface area (Å²) >= 11 is 7.08. The maximum absolute atomic E-state index is 13.9. The minimum Gasteiger partial charge on any atom is -0.304 e. The first-order valence-corrected chi connectivity index (χ1v) is 13.5. The molecular weight excluding hydrogens is 525 g/mol. The van der Waals surface area contributed by atoms with E-state index in [1.807, 2.05) is 10.9 Å². The standard InChI is InChI=1S/C25H22ClF3N6OS/c26-20-2-1-18(37-20)16-8-19(25(27,28)29)35-22(30-16)9-17(32-35)23(36)31-21-3-4-34(33-21)24-10-13-5-14(11-24)7-15(6-13)12-24/h1-4,8-9,13-15H,5-7,10-12H2,(H,31,33,36). The monoisotopic (exact) mass is 546 g/mol. The quantitative estimate of drug-likeness (QED) is 0.317. The Kier molecular flexibility index (Phi) is 5.04. The van der Waals surface area contributed by atoms with E-state index >= 15 is 0 Å². The van der Waals surface area contributed by atoms with Crippen molar-refractivity contribution in [2.24, 2.45) is 17.8 Å². The summed E-state index contributed by atoms with van der Waals surface area (Å²) in [5.74, 6) is 1.96. The predicted molar refractivity (Wildman–Crippen MR) is 133 cm³/mol. The highest BCUT2D eigenvalue weighted by Crippen LogP contribution is 2.58. The number of anilines is 1. The number of halogens is 4. The van der Waals surface area contributed by atoms with Crippen molar-refractivity contribution >= 4 is 40.3 Å². The molecule has 0 spiro atoms. The molecule has 7 nitrogen and oxygen atoms in total. The lowest BCUT2D eigenvalue weighted by Gasteiger charge is -2.56. The van der Waals surface area contributed by atoms with Gasteiger partial charge in [0.25, 0.3) is 5.91 Å². The minimum atomic E-state index is -4.70. The zero-order chi connectivity index (χ0) is 25.5. The number of alkyl halides is 3. The van der Waals surface area contributed by atoms with Crippen molar-refractivity contribution in [2.45, 2.75) is 50.2 Å². The lowest BCUT2D eigenvalue weighted by molar-refractivity contribution is -0.142. The highest BCUT2D eigenvalue weighted by Gasteiger charge is 2.52. The number of fused-ring (bicyclic) bond motifs is 1. The fourth-order valence-corrected chi connectivity index (χ4v) is 8.05. The van der Waals surface area contributed by atoms with Crippen LogP contribution in [0.3, 0.4) is 0 Å². The molecule has 4 aliphatic rings. The first kappa shape index (κ1) is 23.2. The van der Waals surface area contributed by atoms with Gasteiger partial charge in [-0.15, -0.1) is 11.3 Å². The molecular formula is C25H22ClF3N6OS. The summed E-state index contributed by atoms with van der Waals surface area (Å²) in [4.78, 5) is 17.8. The molecule has 4 heterocycles. The molecule has 4 bridgehead atoms. The Morgan fingerprint density at radius 2 is 1.76 bits per heavy atom. The lowest BCUT2D eigenvalue weighted by Crippen LogP contribution is -2.52. The fourth-order valence-electron chi connectivity index (χ4n) is 7.05. The lowest BCUT2D eigenvalue weighted by atomic mass is 9.53. The smallest absolute Gasteiger partial charge is 0.304 e. The van der Waals surface area contributed by atoms with Crippen molar-refractivity contribution in [3.05, 3.63) is 52.3 Å². The van der Waals surface area contributed by atoms with Gasteiger partial charge >= 0.3 is 6.18 Å². The first-order chi connectivity index (χ1) is 17.6. The van der Waals surface area contributed by atoms with E-state index in [-0.39, 0.29) is 22.6 Å². The van der Waals surface area contributed by atoms with Crippen LogP contribution in [-0.2, 0) is 11.7 Å². The molecule has 0 atom stereocenters. The van der Waals surface area contributed by atoms with Crippen LogP contribution in [0.5, 0.6) is 0 Å². The Bertz CT molecular complexity index is 1500. The number of rotatable bonds is 4. The van der Waals surface area contributed by atoms with Crippen LogP contribution < -0.4 is 5.32 Å². The maximum Gasteiger partial charge on any atom is 0.433 e. The van der Waals surface area contributed by atoms with E-state index in [0.29, 0.717) is 19.5 Å². The van der Waals surface area contributed by atoms with Gasteiger partial charge in [0.15, 0.2) is 22.9 Å². The molecule has 0 radical (unpaired) electrons. The van der Waals surface area contributed by atoms with Gasteiger partial charge in [0.05, 0.1) is 20.4 Å². The van der Waals surface area contributed by atoms with Gasteiger partial charge in [-0.05, 0) is 74.5 Å². The van der Waals surface area contributed by atoms with Crippen LogP contribution in [0.2, 0.25) is 4.34 Å². The van der Waals surface area contributed by atoms with Gasteiger partial charge in [0, 0.05) is 18.3 Å². The van der Waals surface area contributed by atoms with E-state index in [4.69, 9.17) is 11.6 Å². The van der Waals surface area contributed by atoms with E-state index in [1.54, 1.807) is 18.2 Å². The molecule has 4 saturated carbocycles. The summed E-state index contributed by atoms with van der Waals surface area (Å²) in [7, 11) is 0. The molecule has 1 N–H and O–H groups in total. The average molecular weight is 547 g/mol. The number of hydrogen-bond donors (Lipinski definition) is 1. The Hall–Kier alpha value is -2.92. The summed E-state index contributed by atoms with van der Waals surface area (Å²) in [6, 6.07) is 7.11. The number of hydrogen-bond acceptors (Lipinski definition) is 5. The molecule has 0 aromatic carbocycles. The van der Waals surface area contributed by atoms with Crippen LogP contribution in [0.4, 0.5) is 19.0 Å². The van der Waals surface area contributed by atoms with Crippen molar-refractivity contribution in [2.75, 3.05) is 5.32 Å². The second-order valence-electron chi connectivity index (χ2n) is 10.7. The number of amides is 1. The van der Waals surface area contributed by atoms with E-state index in [0.717, 1.165) is 54.4 Å². The number of nitrogens with one attached hydrogen (secondary N) is 1. The van der Waals surface area contributed by atoms with Crippen molar-refractivity contribution in [1.29, 1.82) is 0 Å². The number of nitrogens with zero attached hydrogens (tertiary/aromatic N) is 5. The van der Waals surface area contributed by atoms with Gasteiger partial charge in [0.1, 0.15) is 0 Å². The van der Waals surface area contributed by atoms with Gasteiger partial charge in [-0.3, -0.25) is 9.48 Å². The molecule has 4 aromatic rings. The van der Waals surface area contributed by atoms with Crippen LogP contribution >= 0.6 is 22.9 Å². The molecule has 192 valence electrons. The Morgan fingerprint density at radius 3 is 2.38 bits per heavy atom. The zero-order valence-electron chi connectivity index (χ0n) is 19.5. The van der Waals surface area contributed by atoms with Crippen molar-refractivity contribution < 1.29 is 18.0 Å². The van der Waals surface area contributed by atoms with Crippen LogP contribution in [0.1, 0.15) is 54.7 Å². The molecule has 0 aliphatic heterocycles. The van der Waals surface area contributed by atoms with Crippen LogP contribution in [0, 0.1) is 17.8 Å². The summed E-state index contributed by atoms with van der Waals surface area (Å²) in [6.07, 6.45) is 4.49. The molecule has 0 saturated heterocycles. The second-order valence-corrected chi connectivity index (χ2v) is 12.4. The van der Waals surface area contributed by atoms with Crippen LogP contribution in [0.25, 0.3) is 16.2 Å². The van der Waals surface area contributed by atoms with Gasteiger partial charge in [0.2, 0.25) is 0 Å². The van der Waals surface area contributed by atoms with E-state index in [1.165, 1.54) is 25.3 Å². The van der Waals surface area contributed by atoms with Crippen molar-refractivity contribution in [1.82, 2.24) is 24.4 Å². The molecule has 12 heteroatoms. The minimum absolute atomic E-state index is 0.00738. The van der Waals surface area contributed by atoms with Gasteiger partial charge in [-0.1, -0.05) is 11.6 Å². The van der Waals surface area contributed by atoms with E-state index in [9.17, 15) is 18.0 Å². The third kappa shape index (κ3) is 3.94. The van der Waals surface area contributed by atoms with Gasteiger partial charge < -0.3 is 5.32 Å². The van der Waals surface area contributed by atoms with E-state index < -0.39 is 17.8 Å². The van der Waals surface area contributed by atoms with Gasteiger partial charge in [-0.2, -0.15) is 23.4 Å². The Balaban J connectivity index is 1.18. The normalized spacial score (nSPS) is 26.8. The second kappa shape index (κ2) is 8.04. The number of thiophene rings is 1. The Labute approximate surface area is 218 Å². The van der Waals surface area contributed by atoms with Crippen LogP contribution in [0.15, 0.2) is 36.5 Å². The molecule has 4 aromatic heterocycles. The topological polar surface area (TPSA) is 77.1 Å². The van der Waals surface area contributed by atoms with Crippen molar-refractivity contribution in [3.63, 3.8) is 0 Å². The Morgan fingerprint density at radius 1 is 1.05 bits per heavy atom. The molecule has 0 unspecified atom stereocenters. The van der Waals surface area contributed by atoms with Gasteiger partial charge in [-0.25, -0.2) is 9.50 Å². The average Bonchev–Trinajstić information content (AvgIpc) is 3.56.